The molecule has 0 bridgehead atoms. The van der Waals surface area contributed by atoms with Gasteiger partial charge in [-0.2, -0.15) is 0 Å². The highest BCUT2D eigenvalue weighted by Crippen LogP contribution is 2.28. The smallest absolute Gasteiger partial charge is 0.223 e. The second-order valence-corrected chi connectivity index (χ2v) is 8.67. The molecule has 7 nitrogen and oxygen atoms in total. The average molecular weight is 413 g/mol. The Balaban J connectivity index is 1.39. The molecule has 30 heavy (non-hydrogen) atoms. The summed E-state index contributed by atoms with van der Waals surface area (Å²) in [6.45, 7) is 5.36. The van der Waals surface area contributed by atoms with Crippen molar-refractivity contribution >= 4 is 22.8 Å². The number of aromatic nitrogens is 2. The number of anilines is 1. The van der Waals surface area contributed by atoms with E-state index in [1.54, 1.807) is 0 Å². The third-order valence-electron chi connectivity index (χ3n) is 5.97. The number of rotatable bonds is 6. The van der Waals surface area contributed by atoms with Crippen molar-refractivity contribution in [3.05, 3.63) is 24.4 Å². The molecule has 4 rings (SSSR count). The normalized spacial score (nSPS) is 22.8. The molecule has 2 aromatic rings. The fraction of sp³-hybridized carbons (Fsp3) is 0.609. The van der Waals surface area contributed by atoms with Crippen molar-refractivity contribution in [2.45, 2.75) is 70.6 Å². The van der Waals surface area contributed by atoms with E-state index in [2.05, 4.69) is 15.6 Å². The van der Waals surface area contributed by atoms with Crippen LogP contribution in [0.5, 0.6) is 5.75 Å². The van der Waals surface area contributed by atoms with E-state index < -0.39 is 0 Å². The molecule has 2 heterocycles. The first-order valence-corrected chi connectivity index (χ1v) is 11.2. The number of ether oxygens (including phenoxy) is 2. The summed E-state index contributed by atoms with van der Waals surface area (Å²) in [5.41, 5.74) is 0.847. The van der Waals surface area contributed by atoms with E-state index in [0.29, 0.717) is 12.0 Å². The van der Waals surface area contributed by atoms with Crippen LogP contribution < -0.4 is 15.4 Å². The lowest BCUT2D eigenvalue weighted by Crippen LogP contribution is -2.41. The van der Waals surface area contributed by atoms with Gasteiger partial charge in [0.1, 0.15) is 17.4 Å². The molecule has 162 valence electrons. The third-order valence-corrected chi connectivity index (χ3v) is 5.97. The number of carbonyl (C=O) groups excluding carboxylic acids is 1. The summed E-state index contributed by atoms with van der Waals surface area (Å²) in [5.74, 6) is 1.62. The molecule has 2 fully saturated rings. The number of hydrogen-bond donors (Lipinski definition) is 2. The van der Waals surface area contributed by atoms with E-state index in [1.165, 1.54) is 0 Å². The quantitative estimate of drug-likeness (QED) is 0.753. The predicted octanol–water partition coefficient (Wildman–Crippen LogP) is 3.68. The summed E-state index contributed by atoms with van der Waals surface area (Å²) in [4.78, 5) is 21.2. The molecule has 0 radical (unpaired) electrons. The van der Waals surface area contributed by atoms with Crippen LogP contribution in [0.25, 0.3) is 10.9 Å². The van der Waals surface area contributed by atoms with Crippen LogP contribution in [-0.2, 0) is 9.53 Å². The van der Waals surface area contributed by atoms with Crippen molar-refractivity contribution < 1.29 is 14.3 Å². The van der Waals surface area contributed by atoms with Crippen molar-refractivity contribution in [3.8, 4) is 5.75 Å². The van der Waals surface area contributed by atoms with Gasteiger partial charge in [0.2, 0.25) is 11.9 Å². The molecule has 1 saturated heterocycles. The van der Waals surface area contributed by atoms with Crippen LogP contribution in [0.15, 0.2) is 24.4 Å². The summed E-state index contributed by atoms with van der Waals surface area (Å²) < 4.78 is 11.7. The molecular weight excluding hydrogens is 380 g/mol. The van der Waals surface area contributed by atoms with Gasteiger partial charge in [0.25, 0.3) is 0 Å². The van der Waals surface area contributed by atoms with Gasteiger partial charge in [0, 0.05) is 42.4 Å². The summed E-state index contributed by atoms with van der Waals surface area (Å²) in [7, 11) is 0. The molecule has 0 unspecified atom stereocenters. The Labute approximate surface area is 178 Å². The van der Waals surface area contributed by atoms with E-state index in [9.17, 15) is 4.79 Å². The Morgan fingerprint density at radius 1 is 1.10 bits per heavy atom. The summed E-state index contributed by atoms with van der Waals surface area (Å²) in [6.07, 6.45) is 7.77. The lowest BCUT2D eigenvalue weighted by atomic mass is 9.91. The number of fused-ring (bicyclic) bond motifs is 1. The molecule has 1 aliphatic heterocycles. The van der Waals surface area contributed by atoms with Gasteiger partial charge in [-0.3, -0.25) is 4.79 Å². The molecule has 1 aliphatic carbocycles. The molecule has 1 aromatic carbocycles. The molecule has 1 amide bonds. The highest BCUT2D eigenvalue weighted by atomic mass is 16.5. The molecule has 1 saturated carbocycles. The zero-order valence-corrected chi connectivity index (χ0v) is 17.9. The number of carbonyl (C=O) groups is 1. The van der Waals surface area contributed by atoms with Crippen molar-refractivity contribution in [2.75, 3.05) is 18.5 Å². The molecule has 2 aliphatic rings. The van der Waals surface area contributed by atoms with E-state index in [-0.39, 0.29) is 24.0 Å². The second-order valence-electron chi connectivity index (χ2n) is 8.67. The minimum atomic E-state index is 0.0319. The van der Waals surface area contributed by atoms with Gasteiger partial charge in [0.05, 0.1) is 13.2 Å². The van der Waals surface area contributed by atoms with E-state index in [4.69, 9.17) is 14.5 Å². The molecular formula is C23H32N4O3. The summed E-state index contributed by atoms with van der Waals surface area (Å²) in [6, 6.07) is 6.57. The summed E-state index contributed by atoms with van der Waals surface area (Å²) >= 11 is 0. The zero-order chi connectivity index (χ0) is 20.9. The van der Waals surface area contributed by atoms with Crippen molar-refractivity contribution in [1.82, 2.24) is 15.3 Å². The van der Waals surface area contributed by atoms with Crippen LogP contribution in [0.2, 0.25) is 0 Å². The van der Waals surface area contributed by atoms with E-state index >= 15 is 0 Å². The van der Waals surface area contributed by atoms with Crippen LogP contribution in [0.4, 0.5) is 5.95 Å². The van der Waals surface area contributed by atoms with Crippen LogP contribution in [-0.4, -0.2) is 47.3 Å². The number of nitrogens with zero attached hydrogens (tertiary/aromatic N) is 2. The fourth-order valence-electron chi connectivity index (χ4n) is 4.10. The largest absolute Gasteiger partial charge is 0.488 e. The van der Waals surface area contributed by atoms with E-state index in [1.807, 2.05) is 38.2 Å². The van der Waals surface area contributed by atoms with Gasteiger partial charge in [0.15, 0.2) is 0 Å². The minimum Gasteiger partial charge on any atom is -0.488 e. The Kier molecular flexibility index (Phi) is 6.67. The third kappa shape index (κ3) is 5.19. The van der Waals surface area contributed by atoms with E-state index in [0.717, 1.165) is 68.4 Å². The number of benzene rings is 1. The lowest BCUT2D eigenvalue weighted by molar-refractivity contribution is -0.124. The van der Waals surface area contributed by atoms with Gasteiger partial charge < -0.3 is 20.1 Å². The van der Waals surface area contributed by atoms with Crippen LogP contribution in [0.1, 0.15) is 52.4 Å². The first-order chi connectivity index (χ1) is 14.6. The number of nitrogens with one attached hydrogen (secondary N) is 2. The van der Waals surface area contributed by atoms with Gasteiger partial charge >= 0.3 is 0 Å². The monoisotopic (exact) mass is 412 g/mol. The maximum Gasteiger partial charge on any atom is 0.223 e. The van der Waals surface area contributed by atoms with Crippen LogP contribution >= 0.6 is 0 Å². The Hall–Kier alpha value is -2.41. The SMILES string of the molecule is CC(C)C(=O)N[C@H]1CC[C@H](Nc2ncc3cccc(OC4CCOCC4)c3n2)CC1. The van der Waals surface area contributed by atoms with Gasteiger partial charge in [-0.15, -0.1) is 0 Å². The Bertz CT molecular complexity index is 859. The number of para-hydroxylation sites is 1. The highest BCUT2D eigenvalue weighted by Gasteiger charge is 2.24. The van der Waals surface area contributed by atoms with Crippen molar-refractivity contribution in [3.63, 3.8) is 0 Å². The maximum absolute atomic E-state index is 11.9. The lowest BCUT2D eigenvalue weighted by Gasteiger charge is -2.30. The first kappa shape index (κ1) is 20.8. The van der Waals surface area contributed by atoms with Crippen LogP contribution in [0.3, 0.4) is 0 Å². The second kappa shape index (κ2) is 9.60. The average Bonchev–Trinajstić information content (AvgIpc) is 2.76. The Morgan fingerprint density at radius 3 is 2.57 bits per heavy atom. The highest BCUT2D eigenvalue weighted by molar-refractivity contribution is 5.84. The first-order valence-electron chi connectivity index (χ1n) is 11.2. The predicted molar refractivity (Wildman–Crippen MR) is 117 cm³/mol. The molecule has 2 N–H and O–H groups in total. The molecule has 0 atom stereocenters. The maximum atomic E-state index is 11.9. The number of hydrogen-bond acceptors (Lipinski definition) is 6. The summed E-state index contributed by atoms with van der Waals surface area (Å²) in [5, 5.41) is 7.62. The van der Waals surface area contributed by atoms with Gasteiger partial charge in [-0.25, -0.2) is 9.97 Å². The molecule has 1 aromatic heterocycles. The van der Waals surface area contributed by atoms with Gasteiger partial charge in [-0.1, -0.05) is 26.0 Å². The topological polar surface area (TPSA) is 85.4 Å². The fourth-order valence-corrected chi connectivity index (χ4v) is 4.10. The zero-order valence-electron chi connectivity index (χ0n) is 17.9. The van der Waals surface area contributed by atoms with Crippen molar-refractivity contribution in [2.24, 2.45) is 5.92 Å². The Morgan fingerprint density at radius 2 is 1.83 bits per heavy atom. The standard InChI is InChI=1S/C23H32N4O3/c1-15(2)22(28)25-17-6-8-18(9-7-17)26-23-24-14-16-4-3-5-20(21(16)27-23)30-19-10-12-29-13-11-19/h3-5,14-15,17-19H,6-13H2,1-2H3,(H,25,28)(H,24,26,27)/t17-,18-. The minimum absolute atomic E-state index is 0.0319. The molecule has 7 heteroatoms. The molecule has 0 spiro atoms. The van der Waals surface area contributed by atoms with Crippen molar-refractivity contribution in [1.29, 1.82) is 0 Å². The van der Waals surface area contributed by atoms with Gasteiger partial charge in [-0.05, 0) is 31.7 Å². The number of amides is 1. The van der Waals surface area contributed by atoms with Crippen LogP contribution in [0, 0.1) is 5.92 Å².